The van der Waals surface area contributed by atoms with Gasteiger partial charge in [0.2, 0.25) is 0 Å². The van der Waals surface area contributed by atoms with Crippen LogP contribution in [0.2, 0.25) is 0 Å². The number of hydrogen-bond acceptors (Lipinski definition) is 3. The Kier molecular flexibility index (Phi) is 4.70. The quantitative estimate of drug-likeness (QED) is 0.869. The third-order valence-corrected chi connectivity index (χ3v) is 5.90. The van der Waals surface area contributed by atoms with Gasteiger partial charge in [-0.1, -0.05) is 24.3 Å². The summed E-state index contributed by atoms with van der Waals surface area (Å²) in [5.41, 5.74) is 8.62. The van der Waals surface area contributed by atoms with Crippen molar-refractivity contribution in [3.8, 4) is 0 Å². The Labute approximate surface area is 133 Å². The monoisotopic (exact) mass is 368 g/mol. The van der Waals surface area contributed by atoms with Crippen LogP contribution in [0, 0.1) is 13.8 Å². The molecule has 3 N–H and O–H groups in total. The van der Waals surface area contributed by atoms with E-state index in [4.69, 9.17) is 5.73 Å². The lowest BCUT2D eigenvalue weighted by atomic mass is 10.1. The van der Waals surface area contributed by atoms with Crippen molar-refractivity contribution in [1.82, 2.24) is 0 Å². The molecule has 2 aromatic carbocycles. The maximum Gasteiger partial charge on any atom is 0.262 e. The first-order valence-electron chi connectivity index (χ1n) is 6.43. The van der Waals surface area contributed by atoms with Gasteiger partial charge in [-0.2, -0.15) is 0 Å². The van der Waals surface area contributed by atoms with E-state index in [1.165, 1.54) is 0 Å². The van der Waals surface area contributed by atoms with Crippen molar-refractivity contribution in [3.63, 3.8) is 0 Å². The van der Waals surface area contributed by atoms with Crippen molar-refractivity contribution in [2.75, 3.05) is 4.72 Å². The van der Waals surface area contributed by atoms with Crippen LogP contribution in [-0.2, 0) is 16.6 Å². The van der Waals surface area contributed by atoms with Crippen LogP contribution < -0.4 is 10.5 Å². The van der Waals surface area contributed by atoms with Gasteiger partial charge in [-0.05, 0) is 58.6 Å². The van der Waals surface area contributed by atoms with E-state index >= 15 is 0 Å². The number of anilines is 1. The molecule has 2 aromatic rings. The molecule has 0 atom stereocenters. The van der Waals surface area contributed by atoms with E-state index in [1.54, 1.807) is 31.2 Å². The lowest BCUT2D eigenvalue weighted by Gasteiger charge is -2.14. The Balaban J connectivity index is 2.46. The molecule has 0 radical (unpaired) electrons. The highest BCUT2D eigenvalue weighted by Gasteiger charge is 2.19. The molecule has 0 aliphatic rings. The fourth-order valence-corrected chi connectivity index (χ4v) is 3.95. The van der Waals surface area contributed by atoms with Gasteiger partial charge in [-0.3, -0.25) is 4.72 Å². The number of hydrogen-bond donors (Lipinski definition) is 2. The summed E-state index contributed by atoms with van der Waals surface area (Å²) >= 11 is 3.41. The van der Waals surface area contributed by atoms with Crippen molar-refractivity contribution < 1.29 is 8.42 Å². The van der Waals surface area contributed by atoms with Gasteiger partial charge in [-0.25, -0.2) is 8.42 Å². The number of aryl methyl sites for hydroxylation is 1. The van der Waals surface area contributed by atoms with Gasteiger partial charge in [0.05, 0.1) is 10.6 Å². The molecule has 2 rings (SSSR count). The van der Waals surface area contributed by atoms with Gasteiger partial charge in [-0.15, -0.1) is 0 Å². The van der Waals surface area contributed by atoms with Crippen molar-refractivity contribution >= 4 is 31.6 Å². The number of benzene rings is 2. The number of nitrogens with two attached hydrogens (primary N) is 1. The van der Waals surface area contributed by atoms with E-state index in [-0.39, 0.29) is 4.90 Å². The predicted molar refractivity (Wildman–Crippen MR) is 88.8 cm³/mol. The normalized spacial score (nSPS) is 11.4. The molecule has 6 heteroatoms. The predicted octanol–water partition coefficient (Wildman–Crippen LogP) is 3.33. The second kappa shape index (κ2) is 6.17. The average molecular weight is 369 g/mol. The van der Waals surface area contributed by atoms with Crippen LogP contribution in [-0.4, -0.2) is 8.42 Å². The summed E-state index contributed by atoms with van der Waals surface area (Å²) in [6.07, 6.45) is 0. The standard InChI is InChI=1S/C15H17BrN2O2S/c1-10-5-3-7-13(15(10)16)18-21(19,20)14-8-4-6-12(9-17)11(14)2/h3-8,18H,9,17H2,1-2H3. The second-order valence-corrected chi connectivity index (χ2v) is 7.23. The van der Waals surface area contributed by atoms with E-state index in [1.807, 2.05) is 19.1 Å². The van der Waals surface area contributed by atoms with Gasteiger partial charge in [0, 0.05) is 11.0 Å². The lowest BCUT2D eigenvalue weighted by molar-refractivity contribution is 0.600. The third kappa shape index (κ3) is 3.28. The minimum absolute atomic E-state index is 0.249. The molecule has 0 aromatic heterocycles. The maximum atomic E-state index is 12.6. The summed E-state index contributed by atoms with van der Waals surface area (Å²) in [6, 6.07) is 10.5. The average Bonchev–Trinajstić information content (AvgIpc) is 2.44. The fourth-order valence-electron chi connectivity index (χ4n) is 2.10. The van der Waals surface area contributed by atoms with E-state index < -0.39 is 10.0 Å². The molecule has 0 spiro atoms. The summed E-state index contributed by atoms with van der Waals surface area (Å²) in [7, 11) is -3.65. The maximum absolute atomic E-state index is 12.6. The number of nitrogens with one attached hydrogen (secondary N) is 1. The molecular formula is C15H17BrN2O2S. The molecule has 4 nitrogen and oxygen atoms in total. The van der Waals surface area contributed by atoms with Crippen LogP contribution in [0.15, 0.2) is 45.8 Å². The highest BCUT2D eigenvalue weighted by Crippen LogP contribution is 2.29. The zero-order chi connectivity index (χ0) is 15.6. The Morgan fingerprint density at radius 1 is 1.14 bits per heavy atom. The largest absolute Gasteiger partial charge is 0.326 e. The van der Waals surface area contributed by atoms with Crippen molar-refractivity contribution in [2.45, 2.75) is 25.3 Å². The molecule has 0 heterocycles. The third-order valence-electron chi connectivity index (χ3n) is 3.34. The molecule has 0 amide bonds. The lowest BCUT2D eigenvalue weighted by Crippen LogP contribution is -2.16. The van der Waals surface area contributed by atoms with Gasteiger partial charge in [0.25, 0.3) is 10.0 Å². The summed E-state index contributed by atoms with van der Waals surface area (Å²) in [5.74, 6) is 0. The minimum Gasteiger partial charge on any atom is -0.326 e. The molecule has 21 heavy (non-hydrogen) atoms. The van der Waals surface area contributed by atoms with Crippen LogP contribution in [0.5, 0.6) is 0 Å². The topological polar surface area (TPSA) is 72.2 Å². The van der Waals surface area contributed by atoms with E-state index in [0.717, 1.165) is 15.6 Å². The van der Waals surface area contributed by atoms with Crippen LogP contribution in [0.3, 0.4) is 0 Å². The first-order chi connectivity index (χ1) is 9.86. The van der Waals surface area contributed by atoms with Gasteiger partial charge >= 0.3 is 0 Å². The zero-order valence-electron chi connectivity index (χ0n) is 11.9. The molecule has 0 bridgehead atoms. The van der Waals surface area contributed by atoms with Crippen molar-refractivity contribution in [2.24, 2.45) is 5.73 Å². The highest BCUT2D eigenvalue weighted by atomic mass is 79.9. The van der Waals surface area contributed by atoms with Crippen LogP contribution in [0.1, 0.15) is 16.7 Å². The second-order valence-electron chi connectivity index (χ2n) is 4.79. The Bertz CT molecular complexity index is 773. The van der Waals surface area contributed by atoms with Gasteiger partial charge < -0.3 is 5.73 Å². The number of rotatable bonds is 4. The molecule has 0 unspecified atom stereocenters. The molecule has 0 fully saturated rings. The van der Waals surface area contributed by atoms with Crippen LogP contribution >= 0.6 is 15.9 Å². The molecular weight excluding hydrogens is 352 g/mol. The first-order valence-corrected chi connectivity index (χ1v) is 8.71. The number of sulfonamides is 1. The summed E-state index contributed by atoms with van der Waals surface area (Å²) in [5, 5.41) is 0. The Morgan fingerprint density at radius 2 is 1.81 bits per heavy atom. The molecule has 112 valence electrons. The Hall–Kier alpha value is -1.37. The minimum atomic E-state index is -3.65. The smallest absolute Gasteiger partial charge is 0.262 e. The van der Waals surface area contributed by atoms with Crippen LogP contribution in [0.4, 0.5) is 5.69 Å². The SMILES string of the molecule is Cc1cccc(NS(=O)(=O)c2cccc(CN)c2C)c1Br. The highest BCUT2D eigenvalue weighted by molar-refractivity contribution is 9.10. The van der Waals surface area contributed by atoms with E-state index in [2.05, 4.69) is 20.7 Å². The van der Waals surface area contributed by atoms with Crippen LogP contribution in [0.25, 0.3) is 0 Å². The summed E-state index contributed by atoms with van der Waals surface area (Å²) < 4.78 is 28.5. The van der Waals surface area contributed by atoms with E-state index in [0.29, 0.717) is 17.8 Å². The zero-order valence-corrected chi connectivity index (χ0v) is 14.3. The first kappa shape index (κ1) is 16.0. The molecule has 0 saturated heterocycles. The molecule has 0 saturated carbocycles. The Morgan fingerprint density at radius 3 is 2.48 bits per heavy atom. The summed E-state index contributed by atoms with van der Waals surface area (Å²) in [4.78, 5) is 0.249. The molecule has 0 aliphatic carbocycles. The fraction of sp³-hybridized carbons (Fsp3) is 0.200. The van der Waals surface area contributed by atoms with E-state index in [9.17, 15) is 8.42 Å². The van der Waals surface area contributed by atoms with Crippen molar-refractivity contribution in [3.05, 3.63) is 57.6 Å². The molecule has 0 aliphatic heterocycles. The summed E-state index contributed by atoms with van der Waals surface area (Å²) in [6.45, 7) is 3.98. The van der Waals surface area contributed by atoms with Gasteiger partial charge in [0.1, 0.15) is 0 Å². The number of halogens is 1. The van der Waals surface area contributed by atoms with Gasteiger partial charge in [0.15, 0.2) is 0 Å². The van der Waals surface area contributed by atoms with Crippen molar-refractivity contribution in [1.29, 1.82) is 0 Å².